The van der Waals surface area contributed by atoms with Gasteiger partial charge in [-0.15, -0.1) is 0 Å². The van der Waals surface area contributed by atoms with Crippen molar-refractivity contribution in [2.45, 2.75) is 71.6 Å². The van der Waals surface area contributed by atoms with Crippen LogP contribution in [0.3, 0.4) is 0 Å². The van der Waals surface area contributed by atoms with Crippen molar-refractivity contribution < 1.29 is 9.90 Å². The van der Waals surface area contributed by atoms with Crippen molar-refractivity contribution in [2.24, 2.45) is 40.4 Å². The first-order chi connectivity index (χ1) is 10.5. The monoisotopic (exact) mass is 304 g/mol. The van der Waals surface area contributed by atoms with Gasteiger partial charge in [-0.05, 0) is 79.4 Å². The number of carbonyl (C=O) groups excluding carboxylic acids is 1. The molecule has 0 heterocycles. The second-order valence-electron chi connectivity index (χ2n) is 9.38. The molecule has 4 aliphatic rings. The first kappa shape index (κ1) is 15.2. The number of aliphatic hydroxyl groups excluding tert-OH is 1. The zero-order valence-corrected chi connectivity index (χ0v) is 14.3. The van der Waals surface area contributed by atoms with Crippen LogP contribution in [0.1, 0.15) is 71.6 Å². The van der Waals surface area contributed by atoms with Gasteiger partial charge < -0.3 is 5.11 Å². The molecule has 4 saturated carbocycles. The minimum Gasteiger partial charge on any atom is -0.396 e. The quantitative estimate of drug-likeness (QED) is 0.788. The van der Waals surface area contributed by atoms with Crippen LogP contribution in [0.25, 0.3) is 0 Å². The summed E-state index contributed by atoms with van der Waals surface area (Å²) in [6, 6.07) is 0. The van der Waals surface area contributed by atoms with Crippen LogP contribution in [0.15, 0.2) is 0 Å². The van der Waals surface area contributed by atoms with Crippen LogP contribution in [0.4, 0.5) is 0 Å². The second-order valence-corrected chi connectivity index (χ2v) is 9.38. The SMILES string of the molecule is C[C@@H]1C[C@@]2(C)[C@@H](CC[C@H]3[C@@H]4CCC[C@@]4(CO)CC[C@@H]32)CC1=O. The van der Waals surface area contributed by atoms with Gasteiger partial charge in [0.05, 0.1) is 0 Å². The number of rotatable bonds is 1. The van der Waals surface area contributed by atoms with Crippen molar-refractivity contribution in [3.8, 4) is 0 Å². The molecule has 0 amide bonds. The van der Waals surface area contributed by atoms with Crippen molar-refractivity contribution in [1.29, 1.82) is 0 Å². The molecule has 0 spiro atoms. The number of aliphatic hydroxyl groups is 1. The normalized spacial score (nSPS) is 54.5. The lowest BCUT2D eigenvalue weighted by atomic mass is 9.44. The molecule has 4 fully saturated rings. The van der Waals surface area contributed by atoms with Gasteiger partial charge in [-0.1, -0.05) is 20.3 Å². The lowest BCUT2D eigenvalue weighted by Crippen LogP contribution is -2.55. The summed E-state index contributed by atoms with van der Waals surface area (Å²) in [5.41, 5.74) is 0.654. The molecule has 124 valence electrons. The molecule has 0 aromatic rings. The van der Waals surface area contributed by atoms with E-state index in [4.69, 9.17) is 0 Å². The zero-order chi connectivity index (χ0) is 15.5. The summed E-state index contributed by atoms with van der Waals surface area (Å²) in [6.45, 7) is 5.08. The average molecular weight is 304 g/mol. The molecule has 22 heavy (non-hydrogen) atoms. The van der Waals surface area contributed by atoms with E-state index in [2.05, 4.69) is 13.8 Å². The third-order valence-electron chi connectivity index (χ3n) is 8.65. The zero-order valence-electron chi connectivity index (χ0n) is 14.3. The molecule has 0 aromatic heterocycles. The van der Waals surface area contributed by atoms with E-state index < -0.39 is 0 Å². The highest BCUT2D eigenvalue weighted by molar-refractivity contribution is 5.82. The number of ketones is 1. The molecule has 0 unspecified atom stereocenters. The molecule has 0 saturated heterocycles. The number of hydrogen-bond acceptors (Lipinski definition) is 2. The molecule has 4 rings (SSSR count). The largest absolute Gasteiger partial charge is 0.396 e. The van der Waals surface area contributed by atoms with Crippen LogP contribution in [0.2, 0.25) is 0 Å². The van der Waals surface area contributed by atoms with Gasteiger partial charge in [0.1, 0.15) is 5.78 Å². The first-order valence-corrected chi connectivity index (χ1v) is 9.64. The van der Waals surface area contributed by atoms with Crippen molar-refractivity contribution in [3.05, 3.63) is 0 Å². The standard InChI is InChI=1S/C20H32O2/c1-13-11-19(2)14(10-18(13)22)5-6-15-16(19)7-9-20(12-21)8-3-4-17(15)20/h13-17,21H,3-12H2,1-2H3/t13-,14+,15-,16+,17+,19+,20+/m1/s1. The summed E-state index contributed by atoms with van der Waals surface area (Å²) in [4.78, 5) is 12.2. The Morgan fingerprint density at radius 1 is 1.14 bits per heavy atom. The van der Waals surface area contributed by atoms with Crippen LogP contribution in [0, 0.1) is 40.4 Å². The molecule has 1 N–H and O–H groups in total. The van der Waals surface area contributed by atoms with Gasteiger partial charge >= 0.3 is 0 Å². The van der Waals surface area contributed by atoms with Crippen LogP contribution in [0.5, 0.6) is 0 Å². The van der Waals surface area contributed by atoms with Gasteiger partial charge in [-0.2, -0.15) is 0 Å². The number of carbonyl (C=O) groups is 1. The Labute approximate surface area is 135 Å². The maximum atomic E-state index is 12.2. The van der Waals surface area contributed by atoms with Crippen molar-refractivity contribution >= 4 is 5.78 Å². The Morgan fingerprint density at radius 3 is 2.73 bits per heavy atom. The highest BCUT2D eigenvalue weighted by atomic mass is 16.3. The van der Waals surface area contributed by atoms with Crippen LogP contribution in [-0.2, 0) is 4.79 Å². The number of hydrogen-bond donors (Lipinski definition) is 1. The predicted octanol–water partition coefficient (Wildman–Crippen LogP) is 4.21. The Bertz CT molecular complexity index is 472. The summed E-state index contributed by atoms with van der Waals surface area (Å²) < 4.78 is 0. The molecular formula is C20H32O2. The summed E-state index contributed by atoms with van der Waals surface area (Å²) in [6.07, 6.45) is 11.0. The Morgan fingerprint density at radius 2 is 1.95 bits per heavy atom. The maximum absolute atomic E-state index is 12.2. The molecular weight excluding hydrogens is 272 g/mol. The van der Waals surface area contributed by atoms with E-state index >= 15 is 0 Å². The predicted molar refractivity (Wildman–Crippen MR) is 87.3 cm³/mol. The summed E-state index contributed by atoms with van der Waals surface area (Å²) >= 11 is 0. The van der Waals surface area contributed by atoms with E-state index in [9.17, 15) is 9.90 Å². The summed E-state index contributed by atoms with van der Waals surface area (Å²) in [5.74, 6) is 3.83. The van der Waals surface area contributed by atoms with Crippen LogP contribution < -0.4 is 0 Å². The third-order valence-corrected chi connectivity index (χ3v) is 8.65. The molecule has 0 bridgehead atoms. The molecule has 0 aromatic carbocycles. The minimum absolute atomic E-state index is 0.264. The van der Waals surface area contributed by atoms with Gasteiger partial charge in [0.2, 0.25) is 0 Å². The fourth-order valence-corrected chi connectivity index (χ4v) is 7.48. The van der Waals surface area contributed by atoms with Gasteiger partial charge in [-0.25, -0.2) is 0 Å². The molecule has 0 radical (unpaired) electrons. The fourth-order valence-electron chi connectivity index (χ4n) is 7.48. The van der Waals surface area contributed by atoms with Crippen LogP contribution >= 0.6 is 0 Å². The second kappa shape index (κ2) is 5.06. The van der Waals surface area contributed by atoms with Gasteiger partial charge in [0, 0.05) is 18.9 Å². The van der Waals surface area contributed by atoms with Crippen molar-refractivity contribution in [2.75, 3.05) is 6.61 Å². The molecule has 2 heteroatoms. The Kier molecular flexibility index (Phi) is 3.49. The number of fused-ring (bicyclic) bond motifs is 5. The maximum Gasteiger partial charge on any atom is 0.136 e. The van der Waals surface area contributed by atoms with Gasteiger partial charge in [0.15, 0.2) is 0 Å². The molecule has 2 nitrogen and oxygen atoms in total. The third kappa shape index (κ3) is 1.92. The minimum atomic E-state index is 0.264. The van der Waals surface area contributed by atoms with Crippen LogP contribution in [-0.4, -0.2) is 17.5 Å². The average Bonchev–Trinajstić information content (AvgIpc) is 2.93. The van der Waals surface area contributed by atoms with E-state index in [-0.39, 0.29) is 11.3 Å². The van der Waals surface area contributed by atoms with E-state index in [1.807, 2.05) is 0 Å². The summed E-state index contributed by atoms with van der Waals surface area (Å²) in [5, 5.41) is 10.1. The molecule has 0 aliphatic heterocycles. The number of Topliss-reactive ketones (excluding diaryl/α,β-unsaturated/α-hetero) is 1. The lowest BCUT2D eigenvalue weighted by molar-refractivity contribution is -0.148. The summed E-state index contributed by atoms with van der Waals surface area (Å²) in [7, 11) is 0. The van der Waals surface area contributed by atoms with Gasteiger partial charge in [-0.3, -0.25) is 4.79 Å². The van der Waals surface area contributed by atoms with E-state index in [1.165, 1.54) is 44.9 Å². The first-order valence-electron chi connectivity index (χ1n) is 9.64. The topological polar surface area (TPSA) is 37.3 Å². The smallest absolute Gasteiger partial charge is 0.136 e. The molecule has 4 aliphatic carbocycles. The Balaban J connectivity index is 1.64. The highest BCUT2D eigenvalue weighted by Crippen LogP contribution is 2.66. The van der Waals surface area contributed by atoms with E-state index in [0.717, 1.165) is 30.6 Å². The molecule has 7 atom stereocenters. The van der Waals surface area contributed by atoms with E-state index in [1.54, 1.807) is 0 Å². The fraction of sp³-hybridized carbons (Fsp3) is 0.950. The van der Waals surface area contributed by atoms with E-state index in [0.29, 0.717) is 23.7 Å². The highest BCUT2D eigenvalue weighted by Gasteiger charge is 2.59. The van der Waals surface area contributed by atoms with Gasteiger partial charge in [0.25, 0.3) is 0 Å². The van der Waals surface area contributed by atoms with Crippen molar-refractivity contribution in [1.82, 2.24) is 0 Å². The Hall–Kier alpha value is -0.370. The lowest BCUT2D eigenvalue weighted by Gasteiger charge is -2.60. The van der Waals surface area contributed by atoms with Crippen molar-refractivity contribution in [3.63, 3.8) is 0 Å².